The van der Waals surface area contributed by atoms with Gasteiger partial charge < -0.3 is 10.3 Å². The van der Waals surface area contributed by atoms with Crippen molar-refractivity contribution in [1.29, 1.82) is 0 Å². The lowest BCUT2D eigenvalue weighted by atomic mass is 10.1. The number of fused-ring (bicyclic) bond motifs is 1. The van der Waals surface area contributed by atoms with Crippen molar-refractivity contribution in [2.75, 3.05) is 5.32 Å². The first kappa shape index (κ1) is 16.2. The summed E-state index contributed by atoms with van der Waals surface area (Å²) in [5.41, 5.74) is 3.17. The Morgan fingerprint density at radius 2 is 2.04 bits per heavy atom. The van der Waals surface area contributed by atoms with E-state index in [0.717, 1.165) is 39.5 Å². The number of hydrogen-bond donors (Lipinski definition) is 2. The van der Waals surface area contributed by atoms with Gasteiger partial charge in [-0.3, -0.25) is 9.48 Å². The molecule has 3 aromatic heterocycles. The van der Waals surface area contributed by atoms with Crippen LogP contribution in [0.4, 0.5) is 5.82 Å². The molecule has 126 valence electrons. The Labute approximate surface area is 140 Å². The van der Waals surface area contributed by atoms with Gasteiger partial charge in [-0.1, -0.05) is 13.8 Å². The van der Waals surface area contributed by atoms with Gasteiger partial charge in [-0.25, -0.2) is 9.97 Å². The molecule has 0 radical (unpaired) electrons. The Morgan fingerprint density at radius 3 is 2.75 bits per heavy atom. The average Bonchev–Trinajstić information content (AvgIpc) is 2.93. The zero-order valence-corrected chi connectivity index (χ0v) is 14.6. The Bertz CT molecular complexity index is 954. The minimum absolute atomic E-state index is 0.0719. The molecule has 0 aliphatic rings. The van der Waals surface area contributed by atoms with Crippen LogP contribution >= 0.6 is 0 Å². The molecular formula is C17H22N6O. The molecule has 7 nitrogen and oxygen atoms in total. The third-order valence-corrected chi connectivity index (χ3v) is 4.17. The summed E-state index contributed by atoms with van der Waals surface area (Å²) in [5, 5.41) is 8.47. The first-order valence-electron chi connectivity index (χ1n) is 7.99. The maximum absolute atomic E-state index is 12.1. The monoisotopic (exact) mass is 326 g/mol. The molecule has 0 saturated heterocycles. The van der Waals surface area contributed by atoms with Crippen LogP contribution < -0.4 is 10.7 Å². The van der Waals surface area contributed by atoms with Gasteiger partial charge in [0.15, 0.2) is 11.1 Å². The summed E-state index contributed by atoms with van der Waals surface area (Å²) in [5.74, 6) is 1.71. The number of aromatic nitrogens is 5. The molecule has 3 rings (SSSR count). The molecule has 0 aliphatic carbocycles. The number of nitrogens with one attached hydrogen (secondary N) is 2. The van der Waals surface area contributed by atoms with E-state index in [-0.39, 0.29) is 11.3 Å². The van der Waals surface area contributed by atoms with Gasteiger partial charge in [0.1, 0.15) is 11.6 Å². The van der Waals surface area contributed by atoms with E-state index in [1.54, 1.807) is 17.1 Å². The second-order valence-electron chi connectivity index (χ2n) is 6.35. The van der Waals surface area contributed by atoms with Crippen molar-refractivity contribution in [3.05, 3.63) is 45.3 Å². The van der Waals surface area contributed by atoms with Gasteiger partial charge in [0.25, 0.3) is 0 Å². The lowest BCUT2D eigenvalue weighted by molar-refractivity contribution is 0.751. The molecule has 3 heterocycles. The van der Waals surface area contributed by atoms with Crippen LogP contribution in [0.2, 0.25) is 0 Å². The molecule has 0 unspecified atom stereocenters. The van der Waals surface area contributed by atoms with E-state index in [1.165, 1.54) is 0 Å². The summed E-state index contributed by atoms with van der Waals surface area (Å²) in [4.78, 5) is 24.5. The summed E-state index contributed by atoms with van der Waals surface area (Å²) in [6, 6.07) is 0. The SMILES string of the molecule is Cc1c[nH]c(CNc2nc(C(C)C)nc3c2cnn3C)c(C)c1=O. The minimum atomic E-state index is 0.0719. The fourth-order valence-corrected chi connectivity index (χ4v) is 2.59. The molecule has 2 N–H and O–H groups in total. The van der Waals surface area contributed by atoms with Gasteiger partial charge in [0.2, 0.25) is 0 Å². The van der Waals surface area contributed by atoms with Crippen LogP contribution in [-0.4, -0.2) is 24.7 Å². The number of pyridine rings is 1. The highest BCUT2D eigenvalue weighted by Crippen LogP contribution is 2.23. The molecular weight excluding hydrogens is 304 g/mol. The van der Waals surface area contributed by atoms with Crippen molar-refractivity contribution >= 4 is 16.9 Å². The highest BCUT2D eigenvalue weighted by molar-refractivity contribution is 5.86. The quantitative estimate of drug-likeness (QED) is 0.768. The van der Waals surface area contributed by atoms with Gasteiger partial charge in [0.05, 0.1) is 18.1 Å². The van der Waals surface area contributed by atoms with E-state index in [0.29, 0.717) is 6.54 Å². The van der Waals surface area contributed by atoms with Crippen LogP contribution in [0.3, 0.4) is 0 Å². The first-order valence-corrected chi connectivity index (χ1v) is 7.99. The number of H-pyrrole nitrogens is 1. The first-order chi connectivity index (χ1) is 11.4. The van der Waals surface area contributed by atoms with Crippen molar-refractivity contribution in [1.82, 2.24) is 24.7 Å². The van der Waals surface area contributed by atoms with Crippen molar-refractivity contribution in [3.63, 3.8) is 0 Å². The largest absolute Gasteiger partial charge is 0.364 e. The van der Waals surface area contributed by atoms with Crippen molar-refractivity contribution in [3.8, 4) is 0 Å². The zero-order valence-electron chi connectivity index (χ0n) is 14.6. The Hall–Kier alpha value is -2.70. The van der Waals surface area contributed by atoms with Crippen molar-refractivity contribution < 1.29 is 0 Å². The predicted molar refractivity (Wildman–Crippen MR) is 94.3 cm³/mol. The van der Waals surface area contributed by atoms with Crippen molar-refractivity contribution in [2.24, 2.45) is 7.05 Å². The smallest absolute Gasteiger partial charge is 0.187 e. The molecule has 24 heavy (non-hydrogen) atoms. The second kappa shape index (κ2) is 6.07. The Balaban J connectivity index is 1.98. The fourth-order valence-electron chi connectivity index (χ4n) is 2.59. The van der Waals surface area contributed by atoms with E-state index in [2.05, 4.69) is 39.2 Å². The van der Waals surface area contributed by atoms with E-state index < -0.39 is 0 Å². The normalized spacial score (nSPS) is 11.4. The van der Waals surface area contributed by atoms with Crippen LogP contribution in [0.1, 0.15) is 42.4 Å². The minimum Gasteiger partial charge on any atom is -0.364 e. The molecule has 0 bridgehead atoms. The molecule has 0 aromatic carbocycles. The van der Waals surface area contributed by atoms with Crippen LogP contribution in [0, 0.1) is 13.8 Å². The van der Waals surface area contributed by atoms with Crippen LogP contribution in [0.25, 0.3) is 11.0 Å². The molecule has 0 aliphatic heterocycles. The summed E-state index contributed by atoms with van der Waals surface area (Å²) in [7, 11) is 1.87. The number of rotatable bonds is 4. The summed E-state index contributed by atoms with van der Waals surface area (Å²) in [6.45, 7) is 8.25. The standard InChI is InChI=1S/C17H22N6O/c1-9(2)15-21-16(12-7-20-23(5)17(12)22-15)19-8-13-11(4)14(24)10(3)6-18-13/h6-7,9H,8H2,1-5H3,(H,18,24)(H,19,21,22). The van der Waals surface area contributed by atoms with Gasteiger partial charge in [0, 0.05) is 36.0 Å². The highest BCUT2D eigenvalue weighted by Gasteiger charge is 2.14. The lowest BCUT2D eigenvalue weighted by Gasteiger charge is -2.12. The number of nitrogens with zero attached hydrogens (tertiary/aromatic N) is 4. The summed E-state index contributed by atoms with van der Waals surface area (Å²) < 4.78 is 1.74. The van der Waals surface area contributed by atoms with E-state index in [1.807, 2.05) is 20.9 Å². The molecule has 0 saturated carbocycles. The number of aryl methyl sites for hydroxylation is 2. The third-order valence-electron chi connectivity index (χ3n) is 4.17. The molecule has 0 amide bonds. The third kappa shape index (κ3) is 2.77. The van der Waals surface area contributed by atoms with E-state index >= 15 is 0 Å². The van der Waals surface area contributed by atoms with Gasteiger partial charge >= 0.3 is 0 Å². The summed E-state index contributed by atoms with van der Waals surface area (Å²) in [6.07, 6.45) is 3.50. The lowest BCUT2D eigenvalue weighted by Crippen LogP contribution is -2.16. The highest BCUT2D eigenvalue weighted by atomic mass is 16.1. The topological polar surface area (TPSA) is 88.5 Å². The summed E-state index contributed by atoms with van der Waals surface area (Å²) >= 11 is 0. The Kier molecular flexibility index (Phi) is 4.09. The van der Waals surface area contributed by atoms with E-state index in [9.17, 15) is 4.79 Å². The average molecular weight is 326 g/mol. The number of anilines is 1. The molecule has 3 aromatic rings. The number of hydrogen-bond acceptors (Lipinski definition) is 5. The predicted octanol–water partition coefficient (Wildman–Crippen LogP) is 2.40. The van der Waals surface area contributed by atoms with Gasteiger partial charge in [-0.15, -0.1) is 0 Å². The van der Waals surface area contributed by atoms with Crippen LogP contribution in [0.5, 0.6) is 0 Å². The van der Waals surface area contributed by atoms with E-state index in [4.69, 9.17) is 0 Å². The van der Waals surface area contributed by atoms with Gasteiger partial charge in [-0.05, 0) is 13.8 Å². The molecule has 0 atom stereocenters. The molecule has 7 heteroatoms. The maximum Gasteiger partial charge on any atom is 0.187 e. The van der Waals surface area contributed by atoms with Crippen LogP contribution in [-0.2, 0) is 13.6 Å². The molecule has 0 fully saturated rings. The molecule has 0 spiro atoms. The van der Waals surface area contributed by atoms with Gasteiger partial charge in [-0.2, -0.15) is 5.10 Å². The fraction of sp³-hybridized carbons (Fsp3) is 0.412. The number of aromatic amines is 1. The maximum atomic E-state index is 12.1. The Morgan fingerprint density at radius 1 is 1.29 bits per heavy atom. The zero-order chi connectivity index (χ0) is 17.4. The van der Waals surface area contributed by atoms with Crippen LogP contribution in [0.15, 0.2) is 17.2 Å². The van der Waals surface area contributed by atoms with Crippen molar-refractivity contribution in [2.45, 2.75) is 40.2 Å². The second-order valence-corrected chi connectivity index (χ2v) is 6.35.